The summed E-state index contributed by atoms with van der Waals surface area (Å²) in [5.74, 6) is 1.02. The molecule has 2 aromatic rings. The molecule has 0 aliphatic heterocycles. The van der Waals surface area contributed by atoms with Crippen molar-refractivity contribution in [1.29, 1.82) is 0 Å². The lowest BCUT2D eigenvalue weighted by atomic mass is 9.97. The molecule has 1 aromatic heterocycles. The number of methoxy groups -OCH3 is 1. The summed E-state index contributed by atoms with van der Waals surface area (Å²) in [5, 5.41) is 4.70. The Morgan fingerprint density at radius 1 is 1.29 bits per heavy atom. The third kappa shape index (κ3) is 4.08. The summed E-state index contributed by atoms with van der Waals surface area (Å²) in [6, 6.07) is 8.71. The first-order valence-corrected chi connectivity index (χ1v) is 7.74. The highest BCUT2D eigenvalue weighted by atomic mass is 16.5. The highest BCUT2D eigenvalue weighted by molar-refractivity contribution is 5.78. The minimum absolute atomic E-state index is 0.101. The first kappa shape index (κ1) is 16.1. The van der Waals surface area contributed by atoms with Crippen LogP contribution in [-0.4, -0.2) is 19.3 Å². The molecule has 3 nitrogen and oxygen atoms in total. The molecule has 0 spiro atoms. The van der Waals surface area contributed by atoms with Crippen molar-refractivity contribution in [3.05, 3.63) is 35.6 Å². The number of hydrogen-bond acceptors (Lipinski definition) is 3. The van der Waals surface area contributed by atoms with Gasteiger partial charge in [-0.05, 0) is 58.4 Å². The van der Waals surface area contributed by atoms with E-state index in [1.165, 1.54) is 10.9 Å². The van der Waals surface area contributed by atoms with Crippen LogP contribution in [0.15, 0.2) is 28.7 Å². The Morgan fingerprint density at radius 3 is 2.71 bits per heavy atom. The monoisotopic (exact) mass is 289 g/mol. The van der Waals surface area contributed by atoms with Crippen LogP contribution in [0.4, 0.5) is 0 Å². The topological polar surface area (TPSA) is 34.4 Å². The molecule has 1 heterocycles. The standard InChI is InChI=1S/C18H27NO2/c1-6-19-15(9-10-18(3,4)20-5)17-12-14-11-13(2)7-8-16(14)21-17/h7-8,11-12,15,19H,6,9-10H2,1-5H3. The quantitative estimate of drug-likeness (QED) is 0.809. The molecule has 1 N–H and O–H groups in total. The molecule has 0 amide bonds. The third-order valence-corrected chi connectivity index (χ3v) is 4.07. The van der Waals surface area contributed by atoms with Gasteiger partial charge in [-0.2, -0.15) is 0 Å². The van der Waals surface area contributed by atoms with Gasteiger partial charge in [-0.1, -0.05) is 18.6 Å². The van der Waals surface area contributed by atoms with E-state index in [-0.39, 0.29) is 11.6 Å². The van der Waals surface area contributed by atoms with E-state index in [1.807, 2.05) is 0 Å². The van der Waals surface area contributed by atoms with Crippen molar-refractivity contribution in [3.63, 3.8) is 0 Å². The molecule has 116 valence electrons. The lowest BCUT2D eigenvalue weighted by Gasteiger charge is -2.25. The molecule has 1 unspecified atom stereocenters. The van der Waals surface area contributed by atoms with E-state index in [2.05, 4.69) is 57.3 Å². The van der Waals surface area contributed by atoms with Gasteiger partial charge in [0.1, 0.15) is 11.3 Å². The molecule has 1 atom stereocenters. The maximum atomic E-state index is 6.03. The van der Waals surface area contributed by atoms with Gasteiger partial charge in [0, 0.05) is 12.5 Å². The Balaban J connectivity index is 2.19. The van der Waals surface area contributed by atoms with Crippen LogP contribution in [0, 0.1) is 6.92 Å². The van der Waals surface area contributed by atoms with Crippen molar-refractivity contribution in [3.8, 4) is 0 Å². The number of fused-ring (bicyclic) bond motifs is 1. The summed E-state index contributed by atoms with van der Waals surface area (Å²) in [7, 11) is 1.77. The van der Waals surface area contributed by atoms with Gasteiger partial charge in [0.15, 0.2) is 0 Å². The zero-order valence-electron chi connectivity index (χ0n) is 13.8. The van der Waals surface area contributed by atoms with Crippen LogP contribution >= 0.6 is 0 Å². The molecular formula is C18H27NO2. The predicted molar refractivity (Wildman–Crippen MR) is 87.7 cm³/mol. The summed E-state index contributed by atoms with van der Waals surface area (Å²) in [5.41, 5.74) is 2.12. The zero-order valence-corrected chi connectivity index (χ0v) is 13.8. The van der Waals surface area contributed by atoms with Crippen LogP contribution in [0.2, 0.25) is 0 Å². The summed E-state index contributed by atoms with van der Waals surface area (Å²) in [4.78, 5) is 0. The zero-order chi connectivity index (χ0) is 15.5. The number of aryl methyl sites for hydroxylation is 1. The third-order valence-electron chi connectivity index (χ3n) is 4.07. The second-order valence-corrected chi connectivity index (χ2v) is 6.30. The van der Waals surface area contributed by atoms with Crippen LogP contribution < -0.4 is 5.32 Å². The van der Waals surface area contributed by atoms with Crippen LogP contribution in [0.3, 0.4) is 0 Å². The Hall–Kier alpha value is -1.32. The highest BCUT2D eigenvalue weighted by Crippen LogP contribution is 2.29. The number of rotatable bonds is 7. The average Bonchev–Trinajstić information content (AvgIpc) is 2.86. The van der Waals surface area contributed by atoms with Crippen LogP contribution in [0.1, 0.15) is 51.0 Å². The fraction of sp³-hybridized carbons (Fsp3) is 0.556. The van der Waals surface area contributed by atoms with Gasteiger partial charge in [-0.3, -0.25) is 0 Å². The normalized spacial score (nSPS) is 13.8. The largest absolute Gasteiger partial charge is 0.459 e. The van der Waals surface area contributed by atoms with Crippen molar-refractivity contribution >= 4 is 11.0 Å². The molecule has 0 saturated carbocycles. The lowest BCUT2D eigenvalue weighted by Crippen LogP contribution is -2.27. The molecule has 0 aliphatic rings. The highest BCUT2D eigenvalue weighted by Gasteiger charge is 2.22. The number of nitrogens with one attached hydrogen (secondary N) is 1. The van der Waals surface area contributed by atoms with Gasteiger partial charge in [0.2, 0.25) is 0 Å². The summed E-state index contributed by atoms with van der Waals surface area (Å²) < 4.78 is 11.6. The molecule has 21 heavy (non-hydrogen) atoms. The maximum absolute atomic E-state index is 6.03. The van der Waals surface area contributed by atoms with Gasteiger partial charge in [0.05, 0.1) is 11.6 Å². The maximum Gasteiger partial charge on any atom is 0.134 e. The second kappa shape index (κ2) is 6.63. The van der Waals surface area contributed by atoms with Crippen molar-refractivity contribution in [2.45, 2.75) is 52.2 Å². The van der Waals surface area contributed by atoms with E-state index in [4.69, 9.17) is 9.15 Å². The minimum atomic E-state index is -0.101. The molecule has 0 bridgehead atoms. The minimum Gasteiger partial charge on any atom is -0.459 e. The van der Waals surface area contributed by atoms with Gasteiger partial charge >= 0.3 is 0 Å². The van der Waals surface area contributed by atoms with Gasteiger partial charge in [0.25, 0.3) is 0 Å². The van der Waals surface area contributed by atoms with E-state index in [0.717, 1.165) is 30.7 Å². The van der Waals surface area contributed by atoms with E-state index >= 15 is 0 Å². The second-order valence-electron chi connectivity index (χ2n) is 6.30. The van der Waals surface area contributed by atoms with E-state index < -0.39 is 0 Å². The van der Waals surface area contributed by atoms with Gasteiger partial charge < -0.3 is 14.5 Å². The molecule has 0 radical (unpaired) electrons. The molecule has 0 saturated heterocycles. The van der Waals surface area contributed by atoms with Crippen molar-refractivity contribution < 1.29 is 9.15 Å². The molecule has 2 rings (SSSR count). The van der Waals surface area contributed by atoms with Crippen LogP contribution in [0.25, 0.3) is 11.0 Å². The lowest BCUT2D eigenvalue weighted by molar-refractivity contribution is 0.0113. The number of furan rings is 1. The summed E-state index contributed by atoms with van der Waals surface area (Å²) in [6.07, 6.45) is 1.98. The number of benzene rings is 1. The number of ether oxygens (including phenoxy) is 1. The van der Waals surface area contributed by atoms with Crippen LogP contribution in [-0.2, 0) is 4.74 Å². The smallest absolute Gasteiger partial charge is 0.134 e. The van der Waals surface area contributed by atoms with Gasteiger partial charge in [-0.15, -0.1) is 0 Å². The first-order chi connectivity index (χ1) is 9.95. The SMILES string of the molecule is CCNC(CCC(C)(C)OC)c1cc2cc(C)ccc2o1. The predicted octanol–water partition coefficient (Wildman–Crippen LogP) is 4.60. The average molecular weight is 289 g/mol. The van der Waals surface area contributed by atoms with Gasteiger partial charge in [-0.25, -0.2) is 0 Å². The fourth-order valence-corrected chi connectivity index (χ4v) is 2.54. The van der Waals surface area contributed by atoms with E-state index in [9.17, 15) is 0 Å². The Labute approximate surface area is 127 Å². The van der Waals surface area contributed by atoms with Crippen molar-refractivity contribution in [2.24, 2.45) is 0 Å². The fourth-order valence-electron chi connectivity index (χ4n) is 2.54. The Bertz CT molecular complexity index is 586. The molecule has 3 heteroatoms. The molecular weight excluding hydrogens is 262 g/mol. The van der Waals surface area contributed by atoms with E-state index in [0.29, 0.717) is 0 Å². The van der Waals surface area contributed by atoms with Crippen molar-refractivity contribution in [2.75, 3.05) is 13.7 Å². The summed E-state index contributed by atoms with van der Waals surface area (Å²) in [6.45, 7) is 9.40. The van der Waals surface area contributed by atoms with Crippen molar-refractivity contribution in [1.82, 2.24) is 5.32 Å². The van der Waals surface area contributed by atoms with Crippen LogP contribution in [0.5, 0.6) is 0 Å². The van der Waals surface area contributed by atoms with E-state index in [1.54, 1.807) is 7.11 Å². The Morgan fingerprint density at radius 2 is 2.05 bits per heavy atom. The summed E-state index contributed by atoms with van der Waals surface area (Å²) >= 11 is 0. The molecule has 0 aliphatic carbocycles. The first-order valence-electron chi connectivity index (χ1n) is 7.74. The Kier molecular flexibility index (Phi) is 5.07. The molecule has 1 aromatic carbocycles. The number of hydrogen-bond donors (Lipinski definition) is 1. The molecule has 0 fully saturated rings.